The van der Waals surface area contributed by atoms with Gasteiger partial charge in [-0.25, -0.2) is 0 Å². The summed E-state index contributed by atoms with van der Waals surface area (Å²) in [5.41, 5.74) is 5.98. The smallest absolute Gasteiger partial charge is 0.223 e. The number of hydrogen-bond acceptors (Lipinski definition) is 4. The molecule has 5 nitrogen and oxygen atoms in total. The standard InChI is InChI=1S/C16H34N4O/c1-13(2)15(17)12-16(21)20(5)11-10-19(4)14-6-8-18(3)9-7-14/h13-15H,6-12,17H2,1-5H3. The predicted molar refractivity (Wildman–Crippen MR) is 88.2 cm³/mol. The number of nitrogens with two attached hydrogens (primary N) is 1. The molecule has 0 spiro atoms. The molecule has 1 atom stereocenters. The van der Waals surface area contributed by atoms with Crippen molar-refractivity contribution < 1.29 is 4.79 Å². The van der Waals surface area contributed by atoms with Crippen LogP contribution in [-0.4, -0.2) is 80.0 Å². The molecule has 0 aliphatic carbocycles. The van der Waals surface area contributed by atoms with E-state index in [4.69, 9.17) is 5.73 Å². The van der Waals surface area contributed by atoms with Crippen molar-refractivity contribution in [2.75, 3.05) is 47.3 Å². The second-order valence-corrected chi connectivity index (χ2v) is 6.94. The Morgan fingerprint density at radius 2 is 1.81 bits per heavy atom. The van der Waals surface area contributed by atoms with Gasteiger partial charge in [0.05, 0.1) is 0 Å². The number of piperidine rings is 1. The maximum atomic E-state index is 12.1. The first kappa shape index (κ1) is 18.4. The number of likely N-dealkylation sites (tertiary alicyclic amines) is 1. The number of amides is 1. The zero-order valence-corrected chi connectivity index (χ0v) is 14.5. The van der Waals surface area contributed by atoms with Gasteiger partial charge in [0.25, 0.3) is 0 Å². The number of likely N-dealkylation sites (N-methyl/N-ethyl adjacent to an activating group) is 2. The number of rotatable bonds is 7. The van der Waals surface area contributed by atoms with Gasteiger partial charge in [-0.05, 0) is 45.9 Å². The Morgan fingerprint density at radius 1 is 1.24 bits per heavy atom. The number of carbonyl (C=O) groups is 1. The summed E-state index contributed by atoms with van der Waals surface area (Å²) in [5.74, 6) is 0.511. The van der Waals surface area contributed by atoms with Crippen molar-refractivity contribution in [2.45, 2.75) is 45.2 Å². The van der Waals surface area contributed by atoms with Gasteiger partial charge in [-0.1, -0.05) is 13.8 Å². The number of nitrogens with zero attached hydrogens (tertiary/aromatic N) is 3. The predicted octanol–water partition coefficient (Wildman–Crippen LogP) is 0.844. The van der Waals surface area contributed by atoms with E-state index in [1.54, 1.807) is 0 Å². The van der Waals surface area contributed by atoms with E-state index < -0.39 is 0 Å². The van der Waals surface area contributed by atoms with E-state index in [1.807, 2.05) is 11.9 Å². The van der Waals surface area contributed by atoms with E-state index in [-0.39, 0.29) is 11.9 Å². The van der Waals surface area contributed by atoms with Crippen LogP contribution in [0.5, 0.6) is 0 Å². The van der Waals surface area contributed by atoms with Crippen LogP contribution in [0.15, 0.2) is 0 Å². The van der Waals surface area contributed by atoms with Crippen molar-refractivity contribution in [1.82, 2.24) is 14.7 Å². The SMILES string of the molecule is CC(C)C(N)CC(=O)N(C)CCN(C)C1CCN(C)CC1. The van der Waals surface area contributed by atoms with E-state index in [2.05, 4.69) is 37.7 Å². The topological polar surface area (TPSA) is 52.8 Å². The molecule has 5 heteroatoms. The minimum Gasteiger partial charge on any atom is -0.344 e. The molecule has 1 saturated heterocycles. The fourth-order valence-electron chi connectivity index (χ4n) is 2.64. The first-order valence-corrected chi connectivity index (χ1v) is 8.19. The fraction of sp³-hybridized carbons (Fsp3) is 0.938. The average molecular weight is 298 g/mol. The highest BCUT2D eigenvalue weighted by atomic mass is 16.2. The molecule has 21 heavy (non-hydrogen) atoms. The molecule has 1 amide bonds. The van der Waals surface area contributed by atoms with Crippen LogP contribution in [0.3, 0.4) is 0 Å². The molecular formula is C16H34N4O. The molecule has 124 valence electrons. The minimum absolute atomic E-state index is 0.0356. The largest absolute Gasteiger partial charge is 0.344 e. The van der Waals surface area contributed by atoms with Crippen LogP contribution < -0.4 is 5.73 Å². The van der Waals surface area contributed by atoms with Crippen LogP contribution in [0.2, 0.25) is 0 Å². The summed E-state index contributed by atoms with van der Waals surface area (Å²) in [6.07, 6.45) is 2.90. The number of hydrogen-bond donors (Lipinski definition) is 1. The second-order valence-electron chi connectivity index (χ2n) is 6.94. The molecule has 0 aromatic heterocycles. The van der Waals surface area contributed by atoms with Gasteiger partial charge in [-0.2, -0.15) is 0 Å². The van der Waals surface area contributed by atoms with Crippen molar-refractivity contribution in [3.63, 3.8) is 0 Å². The maximum Gasteiger partial charge on any atom is 0.223 e. The van der Waals surface area contributed by atoms with Crippen molar-refractivity contribution in [3.8, 4) is 0 Å². The molecule has 1 aliphatic heterocycles. The van der Waals surface area contributed by atoms with Crippen LogP contribution in [0.4, 0.5) is 0 Å². The molecule has 1 fully saturated rings. The Hall–Kier alpha value is -0.650. The van der Waals surface area contributed by atoms with Gasteiger partial charge in [-0.15, -0.1) is 0 Å². The lowest BCUT2D eigenvalue weighted by molar-refractivity contribution is -0.130. The summed E-state index contributed by atoms with van der Waals surface area (Å²) < 4.78 is 0. The highest BCUT2D eigenvalue weighted by Crippen LogP contribution is 2.14. The van der Waals surface area contributed by atoms with Crippen molar-refractivity contribution in [2.24, 2.45) is 11.7 Å². The molecule has 1 aliphatic rings. The Labute approximate surface area is 130 Å². The van der Waals surface area contributed by atoms with E-state index in [9.17, 15) is 4.79 Å². The van der Waals surface area contributed by atoms with Gasteiger partial charge in [0.2, 0.25) is 5.91 Å². The van der Waals surface area contributed by atoms with E-state index in [1.165, 1.54) is 25.9 Å². The molecule has 0 radical (unpaired) electrons. The van der Waals surface area contributed by atoms with Crippen molar-refractivity contribution in [3.05, 3.63) is 0 Å². The Balaban J connectivity index is 2.28. The summed E-state index contributed by atoms with van der Waals surface area (Å²) in [7, 11) is 6.24. The Bertz CT molecular complexity index is 313. The Kier molecular flexibility index (Phi) is 7.63. The van der Waals surface area contributed by atoms with Gasteiger partial charge in [0.15, 0.2) is 0 Å². The summed E-state index contributed by atoms with van der Waals surface area (Å²) in [5, 5.41) is 0. The second kappa shape index (κ2) is 8.71. The molecule has 1 unspecified atom stereocenters. The van der Waals surface area contributed by atoms with Gasteiger partial charge in [0.1, 0.15) is 0 Å². The molecule has 1 rings (SSSR count). The van der Waals surface area contributed by atoms with Crippen molar-refractivity contribution in [1.29, 1.82) is 0 Å². The highest BCUT2D eigenvalue weighted by molar-refractivity contribution is 5.76. The normalized spacial score (nSPS) is 19.2. The molecule has 0 bridgehead atoms. The summed E-state index contributed by atoms with van der Waals surface area (Å²) in [4.78, 5) is 18.7. The third kappa shape index (κ3) is 6.32. The summed E-state index contributed by atoms with van der Waals surface area (Å²) in [6.45, 7) is 8.19. The maximum absolute atomic E-state index is 12.1. The molecular weight excluding hydrogens is 264 g/mol. The summed E-state index contributed by atoms with van der Waals surface area (Å²) >= 11 is 0. The van der Waals surface area contributed by atoms with Gasteiger partial charge in [-0.3, -0.25) is 4.79 Å². The lowest BCUT2D eigenvalue weighted by Crippen LogP contribution is -2.45. The van der Waals surface area contributed by atoms with E-state index >= 15 is 0 Å². The molecule has 2 N–H and O–H groups in total. The molecule has 0 aromatic rings. The first-order valence-electron chi connectivity index (χ1n) is 8.19. The van der Waals surface area contributed by atoms with Crippen molar-refractivity contribution >= 4 is 5.91 Å². The zero-order valence-electron chi connectivity index (χ0n) is 14.5. The third-order valence-electron chi connectivity index (χ3n) is 4.79. The first-order chi connectivity index (χ1) is 9.81. The monoisotopic (exact) mass is 298 g/mol. The Morgan fingerprint density at radius 3 is 2.33 bits per heavy atom. The van der Waals surface area contributed by atoms with E-state index in [0.29, 0.717) is 18.4 Å². The van der Waals surface area contributed by atoms with Crippen LogP contribution in [0.1, 0.15) is 33.1 Å². The lowest BCUT2D eigenvalue weighted by atomic mass is 10.0. The summed E-state index contributed by atoms with van der Waals surface area (Å²) in [6, 6.07) is 0.620. The minimum atomic E-state index is -0.0356. The van der Waals surface area contributed by atoms with Gasteiger partial charge < -0.3 is 20.4 Å². The van der Waals surface area contributed by atoms with E-state index in [0.717, 1.165) is 13.1 Å². The molecule has 0 aromatic carbocycles. The molecule has 0 saturated carbocycles. The van der Waals surface area contributed by atoms with Gasteiger partial charge >= 0.3 is 0 Å². The van der Waals surface area contributed by atoms with Crippen LogP contribution >= 0.6 is 0 Å². The zero-order chi connectivity index (χ0) is 16.0. The number of carbonyl (C=O) groups excluding carboxylic acids is 1. The average Bonchev–Trinajstić information content (AvgIpc) is 2.44. The third-order valence-corrected chi connectivity index (χ3v) is 4.79. The lowest BCUT2D eigenvalue weighted by Gasteiger charge is -2.35. The molecule has 1 heterocycles. The fourth-order valence-corrected chi connectivity index (χ4v) is 2.64. The van der Waals surface area contributed by atoms with Gasteiger partial charge in [0, 0.05) is 38.6 Å². The quantitative estimate of drug-likeness (QED) is 0.757. The van der Waals surface area contributed by atoms with Crippen LogP contribution in [-0.2, 0) is 4.79 Å². The highest BCUT2D eigenvalue weighted by Gasteiger charge is 2.21. The van der Waals surface area contributed by atoms with Crippen LogP contribution in [0.25, 0.3) is 0 Å². The van der Waals surface area contributed by atoms with Crippen LogP contribution in [0, 0.1) is 5.92 Å².